The summed E-state index contributed by atoms with van der Waals surface area (Å²) in [6.45, 7) is 2.97. The van der Waals surface area contributed by atoms with Crippen LogP contribution in [0.5, 0.6) is 11.5 Å². The van der Waals surface area contributed by atoms with Crippen LogP contribution in [-0.2, 0) is 11.3 Å². The zero-order valence-corrected chi connectivity index (χ0v) is 16.2. The van der Waals surface area contributed by atoms with Gasteiger partial charge < -0.3 is 24.3 Å². The number of piperidine rings is 1. The van der Waals surface area contributed by atoms with E-state index < -0.39 is 0 Å². The third kappa shape index (κ3) is 3.72. The lowest BCUT2D eigenvalue weighted by Gasteiger charge is -2.34. The molecule has 0 bridgehead atoms. The molecule has 0 saturated carbocycles. The second-order valence-corrected chi connectivity index (χ2v) is 7.54. The van der Waals surface area contributed by atoms with Crippen LogP contribution >= 0.6 is 0 Å². The van der Waals surface area contributed by atoms with Gasteiger partial charge in [0.25, 0.3) is 0 Å². The molecule has 1 atom stereocenters. The van der Waals surface area contributed by atoms with E-state index in [2.05, 4.69) is 10.3 Å². The number of rotatable bonds is 4. The van der Waals surface area contributed by atoms with Crippen molar-refractivity contribution in [3.05, 3.63) is 48.8 Å². The van der Waals surface area contributed by atoms with Crippen molar-refractivity contribution in [1.29, 1.82) is 0 Å². The lowest BCUT2D eigenvalue weighted by Crippen LogP contribution is -2.46. The summed E-state index contributed by atoms with van der Waals surface area (Å²) in [6, 6.07) is 14.0. The number of benzene rings is 2. The van der Waals surface area contributed by atoms with E-state index in [0.29, 0.717) is 26.3 Å². The van der Waals surface area contributed by atoms with Crippen molar-refractivity contribution in [3.8, 4) is 11.5 Å². The second-order valence-electron chi connectivity index (χ2n) is 7.54. The van der Waals surface area contributed by atoms with Crippen molar-refractivity contribution in [2.24, 2.45) is 0 Å². The lowest BCUT2D eigenvalue weighted by molar-refractivity contribution is -0.132. The van der Waals surface area contributed by atoms with Crippen molar-refractivity contribution in [3.63, 3.8) is 0 Å². The Morgan fingerprint density at radius 1 is 1.14 bits per heavy atom. The zero-order valence-electron chi connectivity index (χ0n) is 16.2. The Morgan fingerprint density at radius 2 is 2.00 bits per heavy atom. The summed E-state index contributed by atoms with van der Waals surface area (Å²) in [7, 11) is 0. The second kappa shape index (κ2) is 7.66. The molecule has 1 aromatic heterocycles. The number of hydrogen-bond acceptors (Lipinski definition) is 5. The van der Waals surface area contributed by atoms with Gasteiger partial charge in [0.1, 0.15) is 19.8 Å². The summed E-state index contributed by atoms with van der Waals surface area (Å²) in [5, 5.41) is 3.56. The SMILES string of the molecule is O=C(Cn1cnc2ccccc21)N1CCCC(Nc2ccc3c(c2)OCCO3)C1. The van der Waals surface area contributed by atoms with Crippen LogP contribution in [0.2, 0.25) is 0 Å². The molecule has 0 spiro atoms. The predicted molar refractivity (Wildman–Crippen MR) is 110 cm³/mol. The van der Waals surface area contributed by atoms with Crippen LogP contribution in [0, 0.1) is 0 Å². The molecule has 7 nitrogen and oxygen atoms in total. The fourth-order valence-electron chi connectivity index (χ4n) is 4.07. The third-order valence-corrected chi connectivity index (χ3v) is 5.52. The molecule has 3 aromatic rings. The molecule has 2 aliphatic heterocycles. The molecule has 1 saturated heterocycles. The van der Waals surface area contributed by atoms with E-state index in [1.54, 1.807) is 6.33 Å². The average Bonchev–Trinajstić information content (AvgIpc) is 3.17. The molecule has 7 heteroatoms. The molecule has 1 amide bonds. The largest absolute Gasteiger partial charge is 0.486 e. The zero-order chi connectivity index (χ0) is 19.6. The molecule has 0 radical (unpaired) electrons. The standard InChI is InChI=1S/C22H24N4O3/c27-22(14-26-15-23-18-5-1-2-6-19(18)26)25-9-3-4-17(13-25)24-16-7-8-20-21(12-16)29-11-10-28-20/h1-2,5-8,12,15,17,24H,3-4,9-11,13-14H2. The number of hydrogen-bond donors (Lipinski definition) is 1. The van der Waals surface area contributed by atoms with Gasteiger partial charge in [-0.1, -0.05) is 12.1 Å². The van der Waals surface area contributed by atoms with Crippen LogP contribution in [0.3, 0.4) is 0 Å². The van der Waals surface area contributed by atoms with Crippen molar-refractivity contribution < 1.29 is 14.3 Å². The molecule has 2 aliphatic rings. The minimum absolute atomic E-state index is 0.127. The molecule has 150 valence electrons. The molecular formula is C22H24N4O3. The molecular weight excluding hydrogens is 368 g/mol. The third-order valence-electron chi connectivity index (χ3n) is 5.52. The van der Waals surface area contributed by atoms with Crippen molar-refractivity contribution in [2.75, 3.05) is 31.6 Å². The maximum absolute atomic E-state index is 12.9. The Bertz CT molecular complexity index is 1030. The van der Waals surface area contributed by atoms with Crippen molar-refractivity contribution in [2.45, 2.75) is 25.4 Å². The van der Waals surface area contributed by atoms with E-state index >= 15 is 0 Å². The number of carbonyl (C=O) groups excluding carboxylic acids is 1. The monoisotopic (exact) mass is 392 g/mol. The van der Waals surface area contributed by atoms with Gasteiger partial charge in [-0.2, -0.15) is 0 Å². The molecule has 2 aromatic carbocycles. The first-order chi connectivity index (χ1) is 14.3. The summed E-state index contributed by atoms with van der Waals surface area (Å²) in [6.07, 6.45) is 3.77. The highest BCUT2D eigenvalue weighted by Gasteiger charge is 2.24. The van der Waals surface area contributed by atoms with E-state index in [1.165, 1.54) is 0 Å². The number of nitrogens with one attached hydrogen (secondary N) is 1. The Balaban J connectivity index is 1.24. The predicted octanol–water partition coefficient (Wildman–Crippen LogP) is 2.91. The summed E-state index contributed by atoms with van der Waals surface area (Å²) < 4.78 is 13.2. The van der Waals surface area contributed by atoms with Gasteiger partial charge >= 0.3 is 0 Å². The Labute approximate surface area is 169 Å². The number of amides is 1. The van der Waals surface area contributed by atoms with E-state index in [0.717, 1.165) is 47.6 Å². The maximum Gasteiger partial charge on any atom is 0.242 e. The van der Waals surface area contributed by atoms with Gasteiger partial charge in [0.2, 0.25) is 5.91 Å². The quantitative estimate of drug-likeness (QED) is 0.739. The van der Waals surface area contributed by atoms with Gasteiger partial charge in [-0.3, -0.25) is 4.79 Å². The molecule has 1 fully saturated rings. The Hall–Kier alpha value is -3.22. The Kier molecular flexibility index (Phi) is 4.71. The molecule has 0 aliphatic carbocycles. The topological polar surface area (TPSA) is 68.6 Å². The van der Waals surface area contributed by atoms with E-state index in [1.807, 2.05) is 51.9 Å². The number of likely N-dealkylation sites (tertiary alicyclic amines) is 1. The minimum Gasteiger partial charge on any atom is -0.486 e. The molecule has 1 unspecified atom stereocenters. The maximum atomic E-state index is 12.9. The highest BCUT2D eigenvalue weighted by Crippen LogP contribution is 2.33. The average molecular weight is 392 g/mol. The number of anilines is 1. The minimum atomic E-state index is 0.127. The van der Waals surface area contributed by atoms with Crippen LogP contribution in [0.4, 0.5) is 5.69 Å². The van der Waals surface area contributed by atoms with Crippen LogP contribution in [-0.4, -0.2) is 52.7 Å². The fourth-order valence-corrected chi connectivity index (χ4v) is 4.07. The Morgan fingerprint density at radius 3 is 2.93 bits per heavy atom. The number of ether oxygens (including phenoxy) is 2. The van der Waals surface area contributed by atoms with Gasteiger partial charge in [-0.15, -0.1) is 0 Å². The fraction of sp³-hybridized carbons (Fsp3) is 0.364. The highest BCUT2D eigenvalue weighted by molar-refractivity contribution is 5.80. The number of aromatic nitrogens is 2. The van der Waals surface area contributed by atoms with E-state index in [4.69, 9.17) is 9.47 Å². The normalized spacial score (nSPS) is 18.6. The van der Waals surface area contributed by atoms with Gasteiger partial charge in [-0.05, 0) is 37.1 Å². The van der Waals surface area contributed by atoms with Crippen molar-refractivity contribution >= 4 is 22.6 Å². The first-order valence-corrected chi connectivity index (χ1v) is 10.1. The van der Waals surface area contributed by atoms with Gasteiger partial charge in [0.05, 0.1) is 17.4 Å². The summed E-state index contributed by atoms with van der Waals surface area (Å²) in [5.74, 6) is 1.69. The smallest absolute Gasteiger partial charge is 0.242 e. The van der Waals surface area contributed by atoms with E-state index in [9.17, 15) is 4.79 Å². The number of imidazole rings is 1. The molecule has 1 N–H and O–H groups in total. The van der Waals surface area contributed by atoms with Crippen LogP contribution in [0.25, 0.3) is 11.0 Å². The van der Waals surface area contributed by atoms with Crippen LogP contribution in [0.15, 0.2) is 48.8 Å². The number of nitrogens with zero attached hydrogens (tertiary/aromatic N) is 3. The molecule has 29 heavy (non-hydrogen) atoms. The van der Waals surface area contributed by atoms with Gasteiger partial charge in [-0.25, -0.2) is 4.98 Å². The first-order valence-electron chi connectivity index (χ1n) is 10.1. The van der Waals surface area contributed by atoms with Crippen molar-refractivity contribution in [1.82, 2.24) is 14.5 Å². The summed E-state index contributed by atoms with van der Waals surface area (Å²) in [5.41, 5.74) is 2.90. The first kappa shape index (κ1) is 17.8. The summed E-state index contributed by atoms with van der Waals surface area (Å²) >= 11 is 0. The molecule has 3 heterocycles. The number of para-hydroxylation sites is 2. The summed E-state index contributed by atoms with van der Waals surface area (Å²) in [4.78, 5) is 19.2. The highest BCUT2D eigenvalue weighted by atomic mass is 16.6. The number of fused-ring (bicyclic) bond motifs is 2. The van der Waals surface area contributed by atoms with E-state index in [-0.39, 0.29) is 11.9 Å². The van der Waals surface area contributed by atoms with Gasteiger partial charge in [0, 0.05) is 30.9 Å². The molecule has 5 rings (SSSR count). The van der Waals surface area contributed by atoms with Crippen LogP contribution < -0.4 is 14.8 Å². The van der Waals surface area contributed by atoms with Crippen LogP contribution in [0.1, 0.15) is 12.8 Å². The lowest BCUT2D eigenvalue weighted by atomic mass is 10.0. The number of carbonyl (C=O) groups is 1. The van der Waals surface area contributed by atoms with Gasteiger partial charge in [0.15, 0.2) is 11.5 Å².